The van der Waals surface area contributed by atoms with Crippen LogP contribution >= 0.6 is 34.8 Å². The monoisotopic (exact) mass is 509 g/mol. The van der Waals surface area contributed by atoms with Gasteiger partial charge in [0.05, 0.1) is 16.7 Å². The van der Waals surface area contributed by atoms with E-state index in [9.17, 15) is 19.8 Å². The summed E-state index contributed by atoms with van der Waals surface area (Å²) >= 11 is 18.4. The second kappa shape index (κ2) is 10.8. The Morgan fingerprint density at radius 3 is 2.24 bits per heavy atom. The molecule has 10 heteroatoms. The lowest BCUT2D eigenvalue weighted by Gasteiger charge is -2.16. The van der Waals surface area contributed by atoms with Gasteiger partial charge in [0.25, 0.3) is 0 Å². The number of ether oxygens (including phenoxy) is 2. The van der Waals surface area contributed by atoms with Crippen LogP contribution in [-0.4, -0.2) is 28.7 Å². The van der Waals surface area contributed by atoms with Crippen molar-refractivity contribution in [1.82, 2.24) is 0 Å². The van der Waals surface area contributed by atoms with Gasteiger partial charge in [0.2, 0.25) is 0 Å². The molecule has 33 heavy (non-hydrogen) atoms. The second-order valence-corrected chi connectivity index (χ2v) is 7.97. The number of halogens is 3. The predicted octanol–water partition coefficient (Wildman–Crippen LogP) is 5.73. The van der Waals surface area contributed by atoms with E-state index in [1.807, 2.05) is 0 Å². The van der Waals surface area contributed by atoms with Gasteiger partial charge in [0.15, 0.2) is 5.75 Å². The Morgan fingerprint density at radius 2 is 1.64 bits per heavy atom. The molecule has 0 bridgehead atoms. The van der Waals surface area contributed by atoms with E-state index >= 15 is 0 Å². The number of anilines is 1. The molecule has 1 atom stereocenters. The Labute approximate surface area is 204 Å². The number of hydrogen-bond donors (Lipinski definition) is 3. The number of phenols is 1. The molecule has 0 saturated carbocycles. The molecule has 0 aliphatic carbocycles. The molecular formula is C23H18Cl3NO6. The average Bonchev–Trinajstić information content (AvgIpc) is 2.77. The maximum Gasteiger partial charge on any atom is 0.397 e. The molecule has 0 saturated heterocycles. The van der Waals surface area contributed by atoms with Gasteiger partial charge in [-0.2, -0.15) is 0 Å². The third kappa shape index (κ3) is 6.09. The number of amides is 1. The quantitative estimate of drug-likeness (QED) is 0.289. The molecule has 0 aliphatic rings. The summed E-state index contributed by atoms with van der Waals surface area (Å²) in [4.78, 5) is 23.3. The smallest absolute Gasteiger partial charge is 0.397 e. The molecule has 0 fully saturated rings. The summed E-state index contributed by atoms with van der Waals surface area (Å²) in [6, 6.07) is 13.5. The summed E-state index contributed by atoms with van der Waals surface area (Å²) in [5.41, 5.74) is 0.880. The van der Waals surface area contributed by atoms with Gasteiger partial charge >= 0.3 is 11.9 Å². The molecule has 0 heterocycles. The van der Waals surface area contributed by atoms with Crippen LogP contribution in [0.15, 0.2) is 54.6 Å². The van der Waals surface area contributed by atoms with Crippen molar-refractivity contribution < 1.29 is 29.3 Å². The number of rotatable bonds is 6. The molecule has 3 aromatic rings. The number of carbonyl (C=O) groups is 2. The molecule has 7 nitrogen and oxygen atoms in total. The van der Waals surface area contributed by atoms with Gasteiger partial charge in [-0.1, -0.05) is 46.9 Å². The number of nitrogens with one attached hydrogen (secondary N) is 1. The van der Waals surface area contributed by atoms with Crippen LogP contribution in [0.2, 0.25) is 15.1 Å². The summed E-state index contributed by atoms with van der Waals surface area (Å²) in [5.74, 6) is -1.84. The molecule has 0 aliphatic heterocycles. The lowest BCUT2D eigenvalue weighted by molar-refractivity contribution is -0.152. The highest BCUT2D eigenvalue weighted by Crippen LogP contribution is 2.40. The van der Waals surface area contributed by atoms with Crippen molar-refractivity contribution in [2.75, 3.05) is 11.9 Å². The van der Waals surface area contributed by atoms with E-state index in [0.717, 1.165) is 0 Å². The SMILES string of the molecule is CCOC(=O)C(=O)Nc1cc(Cl)c(Oc2ccc(O)c(C(O)c3ccc(Cl)cc3)c2)c(Cl)c1. The number of aromatic hydroxyl groups is 1. The van der Waals surface area contributed by atoms with E-state index in [1.165, 1.54) is 30.3 Å². The van der Waals surface area contributed by atoms with Crippen LogP contribution in [0.3, 0.4) is 0 Å². The molecule has 3 rings (SSSR count). The maximum absolute atomic E-state index is 11.8. The van der Waals surface area contributed by atoms with Crippen molar-refractivity contribution >= 4 is 52.4 Å². The fraction of sp³-hybridized carbons (Fsp3) is 0.130. The summed E-state index contributed by atoms with van der Waals surface area (Å²) in [6.45, 7) is 1.64. The van der Waals surface area contributed by atoms with Gasteiger partial charge in [-0.3, -0.25) is 4.79 Å². The lowest BCUT2D eigenvalue weighted by atomic mass is 10.0. The molecular weight excluding hydrogens is 493 g/mol. The highest BCUT2D eigenvalue weighted by Gasteiger charge is 2.19. The minimum absolute atomic E-state index is 0.0505. The molecule has 0 aromatic heterocycles. The van der Waals surface area contributed by atoms with Gasteiger partial charge in [-0.05, 0) is 55.0 Å². The number of aliphatic hydroxyl groups is 1. The number of carbonyl (C=O) groups excluding carboxylic acids is 2. The molecule has 0 spiro atoms. The maximum atomic E-state index is 11.8. The third-order valence-electron chi connectivity index (χ3n) is 4.42. The van der Waals surface area contributed by atoms with Crippen molar-refractivity contribution in [1.29, 1.82) is 0 Å². The van der Waals surface area contributed by atoms with Crippen LogP contribution in [-0.2, 0) is 14.3 Å². The van der Waals surface area contributed by atoms with Crippen molar-refractivity contribution in [2.24, 2.45) is 0 Å². The number of esters is 1. The van der Waals surface area contributed by atoms with E-state index in [4.69, 9.17) is 39.5 Å². The van der Waals surface area contributed by atoms with E-state index in [1.54, 1.807) is 31.2 Å². The fourth-order valence-electron chi connectivity index (χ4n) is 2.87. The first-order valence-corrected chi connectivity index (χ1v) is 10.7. The topological polar surface area (TPSA) is 105 Å². The highest BCUT2D eigenvalue weighted by molar-refractivity contribution is 6.39. The van der Waals surface area contributed by atoms with E-state index in [0.29, 0.717) is 10.6 Å². The summed E-state index contributed by atoms with van der Waals surface area (Å²) in [7, 11) is 0. The van der Waals surface area contributed by atoms with Crippen LogP contribution < -0.4 is 10.1 Å². The van der Waals surface area contributed by atoms with Crippen LogP contribution in [0.5, 0.6) is 17.2 Å². The minimum atomic E-state index is -1.14. The minimum Gasteiger partial charge on any atom is -0.508 e. The normalized spacial score (nSPS) is 11.5. The van der Waals surface area contributed by atoms with Crippen LogP contribution in [0.4, 0.5) is 5.69 Å². The molecule has 0 radical (unpaired) electrons. The third-order valence-corrected chi connectivity index (χ3v) is 5.23. The first-order chi connectivity index (χ1) is 15.7. The van der Waals surface area contributed by atoms with E-state index in [-0.39, 0.29) is 45.2 Å². The average molecular weight is 511 g/mol. The standard InChI is InChI=1S/C23H18Cl3NO6/c1-2-32-23(31)22(30)27-14-9-17(25)21(18(26)10-14)33-15-7-8-19(28)16(11-15)20(29)12-3-5-13(24)6-4-12/h3-11,20,28-29H,2H2,1H3,(H,27,30). The molecule has 3 aromatic carbocycles. The molecule has 172 valence electrons. The Bertz CT molecular complexity index is 1160. The first kappa shape index (κ1) is 24.7. The number of benzene rings is 3. The van der Waals surface area contributed by atoms with Crippen molar-refractivity contribution in [3.05, 3.63) is 80.8 Å². The van der Waals surface area contributed by atoms with Crippen molar-refractivity contribution in [3.8, 4) is 17.2 Å². The second-order valence-electron chi connectivity index (χ2n) is 6.72. The van der Waals surface area contributed by atoms with Gasteiger partial charge < -0.3 is 25.0 Å². The summed E-state index contributed by atoms with van der Waals surface area (Å²) in [6.07, 6.45) is -1.14. The predicted molar refractivity (Wildman–Crippen MR) is 125 cm³/mol. The summed E-state index contributed by atoms with van der Waals surface area (Å²) in [5, 5.41) is 23.9. The number of hydrogen-bond acceptors (Lipinski definition) is 6. The zero-order valence-electron chi connectivity index (χ0n) is 17.1. The Kier molecular flexibility index (Phi) is 8.05. The zero-order chi connectivity index (χ0) is 24.1. The molecule has 3 N–H and O–H groups in total. The van der Waals surface area contributed by atoms with Gasteiger partial charge in [0.1, 0.15) is 17.6 Å². The van der Waals surface area contributed by atoms with Crippen molar-refractivity contribution in [2.45, 2.75) is 13.0 Å². The fourth-order valence-corrected chi connectivity index (χ4v) is 3.56. The molecule has 1 unspecified atom stereocenters. The number of phenolic OH excluding ortho intramolecular Hbond substituents is 1. The van der Waals surface area contributed by atoms with Crippen LogP contribution in [0, 0.1) is 0 Å². The Balaban J connectivity index is 1.83. The van der Waals surface area contributed by atoms with Crippen LogP contribution in [0.25, 0.3) is 0 Å². The van der Waals surface area contributed by atoms with Gasteiger partial charge in [-0.25, -0.2) is 4.79 Å². The Hall–Kier alpha value is -2.97. The molecule has 1 amide bonds. The largest absolute Gasteiger partial charge is 0.508 e. The van der Waals surface area contributed by atoms with E-state index in [2.05, 4.69) is 10.1 Å². The van der Waals surface area contributed by atoms with E-state index < -0.39 is 18.0 Å². The highest BCUT2D eigenvalue weighted by atomic mass is 35.5. The lowest BCUT2D eigenvalue weighted by Crippen LogP contribution is -2.24. The van der Waals surface area contributed by atoms with Crippen LogP contribution in [0.1, 0.15) is 24.2 Å². The van der Waals surface area contributed by atoms with Gasteiger partial charge in [-0.15, -0.1) is 0 Å². The number of aliphatic hydroxyl groups excluding tert-OH is 1. The van der Waals surface area contributed by atoms with Crippen molar-refractivity contribution in [3.63, 3.8) is 0 Å². The zero-order valence-corrected chi connectivity index (χ0v) is 19.4. The Morgan fingerprint density at radius 1 is 1.00 bits per heavy atom. The first-order valence-electron chi connectivity index (χ1n) is 9.61. The van der Waals surface area contributed by atoms with Gasteiger partial charge in [0, 0.05) is 16.3 Å². The summed E-state index contributed by atoms with van der Waals surface area (Å²) < 4.78 is 10.4.